The molecule has 2 aromatic carbocycles. The number of nitrogens with one attached hydrogen (secondary N) is 2. The van der Waals surface area contributed by atoms with Crippen molar-refractivity contribution in [1.29, 1.82) is 0 Å². The summed E-state index contributed by atoms with van der Waals surface area (Å²) in [5.74, 6) is 0.295. The van der Waals surface area contributed by atoms with Gasteiger partial charge in [0.25, 0.3) is 5.91 Å². The molecule has 2 aliphatic carbocycles. The summed E-state index contributed by atoms with van der Waals surface area (Å²) >= 11 is 0. The van der Waals surface area contributed by atoms with Crippen LogP contribution in [0.4, 0.5) is 11.4 Å². The standard InChI is InChI=1S/C31H38N4O2/c36-30(33-25-17-16-22-11-6-12-24(22)21-25)27-14-7-19-34(29(27)23-9-2-1-3-10-23)31(37)26-13-4-5-15-28(26)35-20-8-18-32-35/h4-5,8,13,15-17,20-21,23,27,29,32H,1-3,6-7,9-12,14,18-19H2,(H,33,36)/t27-,29?/m0/s1. The van der Waals surface area contributed by atoms with Crippen LogP contribution in [0.15, 0.2) is 54.7 Å². The minimum absolute atomic E-state index is 0.0447. The highest BCUT2D eigenvalue weighted by Crippen LogP contribution is 2.39. The van der Waals surface area contributed by atoms with Crippen molar-refractivity contribution in [2.45, 2.75) is 70.3 Å². The van der Waals surface area contributed by atoms with E-state index in [1.54, 1.807) is 0 Å². The molecule has 2 amide bonds. The number of piperidine rings is 1. The monoisotopic (exact) mass is 498 g/mol. The maximum Gasteiger partial charge on any atom is 0.256 e. The molecule has 0 radical (unpaired) electrons. The molecule has 6 nitrogen and oxygen atoms in total. The van der Waals surface area contributed by atoms with Gasteiger partial charge in [0.1, 0.15) is 0 Å². The number of fused-ring (bicyclic) bond motifs is 1. The molecule has 6 heteroatoms. The van der Waals surface area contributed by atoms with Crippen molar-refractivity contribution >= 4 is 23.2 Å². The molecule has 2 aliphatic heterocycles. The molecule has 1 unspecified atom stereocenters. The van der Waals surface area contributed by atoms with Gasteiger partial charge in [-0.05, 0) is 86.3 Å². The number of hydrogen-bond acceptors (Lipinski definition) is 4. The Morgan fingerprint density at radius 1 is 0.892 bits per heavy atom. The summed E-state index contributed by atoms with van der Waals surface area (Å²) in [7, 11) is 0. The van der Waals surface area contributed by atoms with Gasteiger partial charge in [-0.15, -0.1) is 0 Å². The van der Waals surface area contributed by atoms with Gasteiger partial charge in [-0.2, -0.15) is 0 Å². The molecule has 2 aromatic rings. The summed E-state index contributed by atoms with van der Waals surface area (Å²) in [5.41, 5.74) is 8.54. The molecule has 0 aromatic heterocycles. The van der Waals surface area contributed by atoms with E-state index in [0.717, 1.165) is 56.4 Å². The molecule has 6 rings (SSSR count). The Kier molecular flexibility index (Phi) is 7.01. The average Bonchev–Trinajstić information content (AvgIpc) is 3.65. The number of aryl methyl sites for hydroxylation is 2. The average molecular weight is 499 g/mol. The molecule has 0 bridgehead atoms. The fraction of sp³-hybridized carbons (Fsp3) is 0.484. The number of benzene rings is 2. The lowest BCUT2D eigenvalue weighted by molar-refractivity contribution is -0.124. The second kappa shape index (κ2) is 10.7. The Morgan fingerprint density at radius 3 is 2.57 bits per heavy atom. The van der Waals surface area contributed by atoms with Gasteiger partial charge < -0.3 is 10.2 Å². The Morgan fingerprint density at radius 2 is 1.73 bits per heavy atom. The van der Waals surface area contributed by atoms with Gasteiger partial charge in [0.2, 0.25) is 5.91 Å². The fourth-order valence-electron chi connectivity index (χ4n) is 7.03. The van der Waals surface area contributed by atoms with E-state index in [1.165, 1.54) is 36.8 Å². The third-order valence-electron chi connectivity index (χ3n) is 8.81. The molecule has 2 N–H and O–H groups in total. The van der Waals surface area contributed by atoms with Gasteiger partial charge in [-0.25, -0.2) is 5.43 Å². The zero-order chi connectivity index (χ0) is 25.2. The molecule has 1 saturated heterocycles. The Labute approximate surface area is 220 Å². The van der Waals surface area contributed by atoms with Gasteiger partial charge in [-0.1, -0.05) is 43.5 Å². The minimum atomic E-state index is -0.189. The van der Waals surface area contributed by atoms with Gasteiger partial charge in [-0.3, -0.25) is 14.6 Å². The number of hydrazine groups is 1. The maximum absolute atomic E-state index is 14.2. The van der Waals surface area contributed by atoms with Crippen molar-refractivity contribution in [3.8, 4) is 0 Å². The summed E-state index contributed by atoms with van der Waals surface area (Å²) < 4.78 is 0. The number of carbonyl (C=O) groups excluding carboxylic acids is 2. The summed E-state index contributed by atoms with van der Waals surface area (Å²) in [6.07, 6.45) is 14.9. The van der Waals surface area contributed by atoms with Crippen LogP contribution in [0.5, 0.6) is 0 Å². The summed E-state index contributed by atoms with van der Waals surface area (Å²) in [6, 6.07) is 14.2. The topological polar surface area (TPSA) is 64.7 Å². The van der Waals surface area contributed by atoms with E-state index in [-0.39, 0.29) is 23.8 Å². The highest BCUT2D eigenvalue weighted by atomic mass is 16.2. The SMILES string of the molecule is O=C(Nc1ccc2c(c1)CCC2)[C@H]1CCCN(C(=O)c2ccccc2N2C=CCN2)C1C1CCCCC1. The lowest BCUT2D eigenvalue weighted by Crippen LogP contribution is -2.55. The molecular weight excluding hydrogens is 460 g/mol. The van der Waals surface area contributed by atoms with Crippen molar-refractivity contribution in [3.05, 3.63) is 71.4 Å². The molecule has 2 atom stereocenters. The van der Waals surface area contributed by atoms with E-state index in [2.05, 4.69) is 33.8 Å². The van der Waals surface area contributed by atoms with E-state index in [1.807, 2.05) is 41.6 Å². The smallest absolute Gasteiger partial charge is 0.256 e. The van der Waals surface area contributed by atoms with E-state index in [4.69, 9.17) is 0 Å². The summed E-state index contributed by atoms with van der Waals surface area (Å²) in [5, 5.41) is 5.20. The first-order chi connectivity index (χ1) is 18.2. The molecule has 37 heavy (non-hydrogen) atoms. The van der Waals surface area contributed by atoms with Crippen LogP contribution < -0.4 is 15.8 Å². The number of para-hydroxylation sites is 1. The predicted octanol–water partition coefficient (Wildman–Crippen LogP) is 5.45. The molecule has 2 fully saturated rings. The first-order valence-corrected chi connectivity index (χ1v) is 14.2. The number of hydrogen-bond donors (Lipinski definition) is 2. The number of carbonyl (C=O) groups is 2. The Bertz CT molecular complexity index is 1190. The summed E-state index contributed by atoms with van der Waals surface area (Å²) in [4.78, 5) is 30.1. The Hall–Kier alpha value is -3.12. The van der Waals surface area contributed by atoms with Crippen LogP contribution in [0.1, 0.15) is 72.9 Å². The van der Waals surface area contributed by atoms with E-state index in [9.17, 15) is 9.59 Å². The molecular formula is C31H38N4O2. The molecule has 4 aliphatic rings. The van der Waals surface area contributed by atoms with Crippen LogP contribution in [0.3, 0.4) is 0 Å². The third-order valence-corrected chi connectivity index (χ3v) is 8.81. The number of amides is 2. The fourth-order valence-corrected chi connectivity index (χ4v) is 7.03. The maximum atomic E-state index is 14.2. The highest BCUT2D eigenvalue weighted by molar-refractivity contribution is 6.01. The lowest BCUT2D eigenvalue weighted by atomic mass is 9.74. The number of likely N-dealkylation sites (tertiary alicyclic amines) is 1. The molecule has 0 spiro atoms. The zero-order valence-corrected chi connectivity index (χ0v) is 21.6. The van der Waals surface area contributed by atoms with Crippen molar-refractivity contribution < 1.29 is 9.59 Å². The lowest BCUT2D eigenvalue weighted by Gasteiger charge is -2.46. The summed E-state index contributed by atoms with van der Waals surface area (Å²) in [6.45, 7) is 1.46. The highest BCUT2D eigenvalue weighted by Gasteiger charge is 2.43. The van der Waals surface area contributed by atoms with E-state index in [0.29, 0.717) is 18.0 Å². The van der Waals surface area contributed by atoms with E-state index >= 15 is 0 Å². The van der Waals surface area contributed by atoms with Gasteiger partial charge in [0.15, 0.2) is 0 Å². The van der Waals surface area contributed by atoms with Crippen LogP contribution >= 0.6 is 0 Å². The van der Waals surface area contributed by atoms with Crippen LogP contribution in [-0.4, -0.2) is 35.8 Å². The van der Waals surface area contributed by atoms with Gasteiger partial charge >= 0.3 is 0 Å². The minimum Gasteiger partial charge on any atom is -0.335 e. The number of anilines is 2. The number of rotatable bonds is 5. The molecule has 2 heterocycles. The van der Waals surface area contributed by atoms with Gasteiger partial charge in [0, 0.05) is 31.0 Å². The zero-order valence-electron chi connectivity index (χ0n) is 21.6. The van der Waals surface area contributed by atoms with Crippen LogP contribution in [0.2, 0.25) is 0 Å². The largest absolute Gasteiger partial charge is 0.335 e. The Balaban J connectivity index is 1.28. The first kappa shape index (κ1) is 24.2. The van der Waals surface area contributed by atoms with Crippen LogP contribution in [0.25, 0.3) is 0 Å². The van der Waals surface area contributed by atoms with Crippen molar-refractivity contribution in [2.75, 3.05) is 23.4 Å². The molecule has 1 saturated carbocycles. The third kappa shape index (κ3) is 4.91. The van der Waals surface area contributed by atoms with E-state index < -0.39 is 0 Å². The predicted molar refractivity (Wildman–Crippen MR) is 147 cm³/mol. The number of nitrogens with zero attached hydrogens (tertiary/aromatic N) is 2. The van der Waals surface area contributed by atoms with Gasteiger partial charge in [0.05, 0.1) is 17.2 Å². The molecule has 194 valence electrons. The van der Waals surface area contributed by atoms with Crippen molar-refractivity contribution in [1.82, 2.24) is 10.3 Å². The first-order valence-electron chi connectivity index (χ1n) is 14.2. The van der Waals surface area contributed by atoms with Crippen LogP contribution in [0, 0.1) is 11.8 Å². The second-order valence-corrected chi connectivity index (χ2v) is 11.1. The quantitative estimate of drug-likeness (QED) is 0.575. The van der Waals surface area contributed by atoms with Crippen molar-refractivity contribution in [3.63, 3.8) is 0 Å². The van der Waals surface area contributed by atoms with Crippen LogP contribution in [-0.2, 0) is 17.6 Å². The second-order valence-electron chi connectivity index (χ2n) is 11.1. The normalized spacial score (nSPS) is 23.8. The van der Waals surface area contributed by atoms with Crippen molar-refractivity contribution in [2.24, 2.45) is 11.8 Å².